The lowest BCUT2D eigenvalue weighted by molar-refractivity contribution is 0.418. The first-order valence-corrected chi connectivity index (χ1v) is 22.3. The molecule has 0 heterocycles. The van der Waals surface area contributed by atoms with E-state index in [9.17, 15) is 0 Å². The van der Waals surface area contributed by atoms with Crippen molar-refractivity contribution < 1.29 is 0 Å². The van der Waals surface area contributed by atoms with E-state index in [4.69, 9.17) is 5.73 Å². The van der Waals surface area contributed by atoms with Crippen LogP contribution in [0.1, 0.15) is 65.2 Å². The molecule has 4 unspecified atom stereocenters. The van der Waals surface area contributed by atoms with Crippen LogP contribution in [-0.2, 0) is 5.41 Å². The summed E-state index contributed by atoms with van der Waals surface area (Å²) in [6.07, 6.45) is 15.0. The van der Waals surface area contributed by atoms with Crippen LogP contribution >= 0.6 is 0 Å². The van der Waals surface area contributed by atoms with Crippen LogP contribution in [0.15, 0.2) is 236 Å². The molecule has 4 atom stereocenters. The second kappa shape index (κ2) is 17.5. The molecule has 0 bridgehead atoms. The van der Waals surface area contributed by atoms with E-state index in [1.165, 1.54) is 55.6 Å². The molecular formula is C59H54N4. The Morgan fingerprint density at radius 3 is 1.92 bits per heavy atom. The monoisotopic (exact) mass is 818 g/mol. The van der Waals surface area contributed by atoms with Crippen molar-refractivity contribution in [2.75, 3.05) is 11.9 Å². The van der Waals surface area contributed by atoms with E-state index in [1.54, 1.807) is 0 Å². The molecule has 0 saturated heterocycles. The first-order valence-electron chi connectivity index (χ1n) is 22.3. The summed E-state index contributed by atoms with van der Waals surface area (Å²) in [5, 5.41) is 11.6. The molecule has 4 nitrogen and oxygen atoms in total. The number of nitrogens with two attached hydrogens (primary N) is 1. The standard InChI is InChI=1S/C59H54N4/c1-58(39-19-20-42(40-58)41-61-57(46-23-8-3-9-24-46)62-56(60)45-37-35-44(36-38-45)43-21-6-2-7-22-43)63-54-34-17-15-29-49(54)50-31-18-33-53-55(50)51-30-14-16-32-52(51)59(53,47-25-10-4-11-26-47)48-27-12-5-13-28-48/h2-35,37-38,40,44,56-57,61-63H,36,39,41,60H2,1H3. The van der Waals surface area contributed by atoms with Crippen LogP contribution in [0.25, 0.3) is 22.3 Å². The Balaban J connectivity index is 0.930. The summed E-state index contributed by atoms with van der Waals surface area (Å²) in [4.78, 5) is 0. The van der Waals surface area contributed by atoms with E-state index in [0.29, 0.717) is 12.5 Å². The van der Waals surface area contributed by atoms with Crippen LogP contribution in [0.3, 0.4) is 0 Å². The SMILES string of the molecule is CC1(Nc2ccccc2-c2cccc3c2-c2ccccc2C3(c2ccccc2)c2ccccc2)C=C(CNC(NC(N)C2=CCC(c3ccccc3)C=C2)c2ccccc2)C=CC1. The van der Waals surface area contributed by atoms with Gasteiger partial charge in [0.2, 0.25) is 0 Å². The van der Waals surface area contributed by atoms with E-state index in [1.807, 2.05) is 0 Å². The highest BCUT2D eigenvalue weighted by molar-refractivity contribution is 5.98. The summed E-state index contributed by atoms with van der Waals surface area (Å²) < 4.78 is 0. The summed E-state index contributed by atoms with van der Waals surface area (Å²) in [5.74, 6) is 0.370. The fourth-order valence-electron chi connectivity index (χ4n) is 10.2. The Labute approximate surface area is 372 Å². The fraction of sp³-hybridized carbons (Fsp3) is 0.153. The normalized spacial score (nSPS) is 19.3. The summed E-state index contributed by atoms with van der Waals surface area (Å²) in [6.45, 7) is 2.98. The maximum Gasteiger partial charge on any atom is 0.0852 e. The number of nitrogens with one attached hydrogen (secondary N) is 3. The maximum absolute atomic E-state index is 6.90. The average molecular weight is 819 g/mol. The fourth-order valence-corrected chi connectivity index (χ4v) is 10.2. The molecule has 63 heavy (non-hydrogen) atoms. The van der Waals surface area contributed by atoms with Crippen LogP contribution < -0.4 is 21.7 Å². The van der Waals surface area contributed by atoms with Crippen LogP contribution in [0.5, 0.6) is 0 Å². The van der Waals surface area contributed by atoms with E-state index in [-0.39, 0.29) is 17.9 Å². The highest BCUT2D eigenvalue weighted by atomic mass is 15.2. The third-order valence-electron chi connectivity index (χ3n) is 13.2. The molecule has 3 aliphatic carbocycles. The van der Waals surface area contributed by atoms with E-state index in [2.05, 4.69) is 247 Å². The molecule has 3 aliphatic rings. The number of hydrogen-bond acceptors (Lipinski definition) is 4. The topological polar surface area (TPSA) is 62.1 Å². The van der Waals surface area contributed by atoms with Crippen molar-refractivity contribution >= 4 is 5.69 Å². The summed E-state index contributed by atoms with van der Waals surface area (Å²) in [6, 6.07) is 68.0. The molecule has 0 radical (unpaired) electrons. The second-order valence-corrected chi connectivity index (χ2v) is 17.4. The molecule has 0 amide bonds. The molecule has 0 fully saturated rings. The summed E-state index contributed by atoms with van der Waals surface area (Å²) in [5.41, 5.74) is 22.2. The predicted octanol–water partition coefficient (Wildman–Crippen LogP) is 12.6. The zero-order chi connectivity index (χ0) is 42.6. The van der Waals surface area contributed by atoms with Crippen LogP contribution in [0, 0.1) is 0 Å². The highest BCUT2D eigenvalue weighted by Crippen LogP contribution is 2.58. The minimum absolute atomic E-state index is 0.152. The van der Waals surface area contributed by atoms with Crippen molar-refractivity contribution in [3.05, 3.63) is 269 Å². The molecule has 0 aromatic heterocycles. The Hall–Kier alpha value is -6.82. The van der Waals surface area contributed by atoms with Crippen molar-refractivity contribution in [2.45, 2.75) is 49.0 Å². The number of hydrogen-bond donors (Lipinski definition) is 4. The van der Waals surface area contributed by atoms with Gasteiger partial charge in [-0.25, -0.2) is 0 Å². The van der Waals surface area contributed by atoms with Gasteiger partial charge in [0.25, 0.3) is 0 Å². The molecule has 7 aromatic carbocycles. The first kappa shape index (κ1) is 40.3. The number of rotatable bonds is 13. The molecule has 0 saturated carbocycles. The smallest absolute Gasteiger partial charge is 0.0852 e. The third kappa shape index (κ3) is 7.83. The van der Waals surface area contributed by atoms with Crippen molar-refractivity contribution in [3.63, 3.8) is 0 Å². The molecule has 5 N–H and O–H groups in total. The minimum atomic E-state index is -0.455. The van der Waals surface area contributed by atoms with Crippen LogP contribution in [-0.4, -0.2) is 18.2 Å². The Morgan fingerprint density at radius 2 is 1.22 bits per heavy atom. The highest BCUT2D eigenvalue weighted by Gasteiger charge is 2.46. The molecule has 7 aromatic rings. The lowest BCUT2D eigenvalue weighted by Crippen LogP contribution is -2.47. The van der Waals surface area contributed by atoms with Crippen molar-refractivity contribution in [2.24, 2.45) is 5.73 Å². The lowest BCUT2D eigenvalue weighted by atomic mass is 9.67. The van der Waals surface area contributed by atoms with E-state index < -0.39 is 5.41 Å². The van der Waals surface area contributed by atoms with Gasteiger partial charge in [-0.1, -0.05) is 218 Å². The van der Waals surface area contributed by atoms with Gasteiger partial charge in [0, 0.05) is 23.7 Å². The molecular weight excluding hydrogens is 765 g/mol. The zero-order valence-corrected chi connectivity index (χ0v) is 35.8. The number of para-hydroxylation sites is 1. The molecule has 4 heteroatoms. The van der Waals surface area contributed by atoms with Gasteiger partial charge in [-0.05, 0) is 87.0 Å². The van der Waals surface area contributed by atoms with Gasteiger partial charge in [0.05, 0.1) is 23.3 Å². The van der Waals surface area contributed by atoms with Gasteiger partial charge in [-0.2, -0.15) is 0 Å². The lowest BCUT2D eigenvalue weighted by Gasteiger charge is -2.34. The molecule has 0 aliphatic heterocycles. The number of anilines is 1. The summed E-state index contributed by atoms with van der Waals surface area (Å²) >= 11 is 0. The van der Waals surface area contributed by atoms with Gasteiger partial charge >= 0.3 is 0 Å². The van der Waals surface area contributed by atoms with Crippen molar-refractivity contribution in [3.8, 4) is 22.3 Å². The number of benzene rings is 7. The molecule has 0 spiro atoms. The van der Waals surface area contributed by atoms with Gasteiger partial charge < -0.3 is 11.1 Å². The second-order valence-electron chi connectivity index (χ2n) is 17.4. The van der Waals surface area contributed by atoms with Gasteiger partial charge in [-0.3, -0.25) is 10.6 Å². The van der Waals surface area contributed by atoms with E-state index >= 15 is 0 Å². The molecule has 10 rings (SSSR count). The van der Waals surface area contributed by atoms with Crippen LogP contribution in [0.4, 0.5) is 5.69 Å². The number of allylic oxidation sites excluding steroid dienone is 2. The quantitative estimate of drug-likeness (QED) is 0.0875. The minimum Gasteiger partial charge on any atom is -0.376 e. The van der Waals surface area contributed by atoms with Gasteiger partial charge in [-0.15, -0.1) is 0 Å². The predicted molar refractivity (Wildman–Crippen MR) is 262 cm³/mol. The number of fused-ring (bicyclic) bond motifs is 3. The largest absolute Gasteiger partial charge is 0.376 e. The third-order valence-corrected chi connectivity index (χ3v) is 13.2. The average Bonchev–Trinajstić information content (AvgIpc) is 3.65. The Kier molecular flexibility index (Phi) is 11.2. The Morgan fingerprint density at radius 1 is 0.619 bits per heavy atom. The zero-order valence-electron chi connectivity index (χ0n) is 35.8. The van der Waals surface area contributed by atoms with Crippen LogP contribution in [0.2, 0.25) is 0 Å². The van der Waals surface area contributed by atoms with E-state index in [0.717, 1.165) is 29.7 Å². The Bertz CT molecular complexity index is 2780. The van der Waals surface area contributed by atoms with Gasteiger partial charge in [0.1, 0.15) is 0 Å². The maximum atomic E-state index is 6.90. The summed E-state index contributed by atoms with van der Waals surface area (Å²) in [7, 11) is 0. The molecule has 310 valence electrons. The first-order chi connectivity index (χ1) is 31.0. The van der Waals surface area contributed by atoms with Gasteiger partial charge in [0.15, 0.2) is 0 Å². The van der Waals surface area contributed by atoms with Crippen molar-refractivity contribution in [1.82, 2.24) is 10.6 Å². The van der Waals surface area contributed by atoms with Crippen molar-refractivity contribution in [1.29, 1.82) is 0 Å².